The Kier molecular flexibility index (Phi) is 5.25. The monoisotopic (exact) mass is 328 g/mol. The van der Waals surface area contributed by atoms with Crippen LogP contribution in [0.4, 0.5) is 0 Å². The van der Waals surface area contributed by atoms with Crippen LogP contribution in [0.1, 0.15) is 54.3 Å². The van der Waals surface area contributed by atoms with Crippen LogP contribution in [0.2, 0.25) is 0 Å². The van der Waals surface area contributed by atoms with Gasteiger partial charge in [-0.25, -0.2) is 4.79 Å². The first-order chi connectivity index (χ1) is 11.7. The maximum absolute atomic E-state index is 12.7. The minimum Gasteiger partial charge on any atom is -0.457 e. The van der Waals surface area contributed by atoms with Gasteiger partial charge in [0.1, 0.15) is 0 Å². The van der Waals surface area contributed by atoms with Gasteiger partial charge in [-0.2, -0.15) is 0 Å². The van der Waals surface area contributed by atoms with Gasteiger partial charge >= 0.3 is 5.97 Å². The molecule has 126 valence electrons. The van der Waals surface area contributed by atoms with E-state index in [0.29, 0.717) is 5.56 Å². The lowest BCUT2D eigenvalue weighted by Gasteiger charge is -2.25. The van der Waals surface area contributed by atoms with E-state index in [1.165, 1.54) is 24.9 Å². The SMILES string of the molecule is O=C(OC(C(=O)NC1CCCCC1)c1cccnc1)c1ccco1. The highest BCUT2D eigenvalue weighted by Crippen LogP contribution is 2.22. The molecule has 0 radical (unpaired) electrons. The third-order valence-corrected chi connectivity index (χ3v) is 4.12. The van der Waals surface area contributed by atoms with Crippen molar-refractivity contribution < 1.29 is 18.7 Å². The number of rotatable bonds is 5. The number of nitrogens with one attached hydrogen (secondary N) is 1. The van der Waals surface area contributed by atoms with Crippen LogP contribution in [0, 0.1) is 0 Å². The van der Waals surface area contributed by atoms with E-state index in [-0.39, 0.29) is 17.7 Å². The lowest BCUT2D eigenvalue weighted by Crippen LogP contribution is -2.40. The molecule has 1 aliphatic carbocycles. The van der Waals surface area contributed by atoms with Crippen molar-refractivity contribution in [2.45, 2.75) is 44.2 Å². The highest BCUT2D eigenvalue weighted by atomic mass is 16.6. The number of hydrogen-bond acceptors (Lipinski definition) is 5. The summed E-state index contributed by atoms with van der Waals surface area (Å²) in [7, 11) is 0. The number of pyridine rings is 1. The molecule has 1 aliphatic rings. The van der Waals surface area contributed by atoms with E-state index in [1.54, 1.807) is 24.4 Å². The molecule has 1 amide bonds. The number of nitrogens with zero attached hydrogens (tertiary/aromatic N) is 1. The maximum Gasteiger partial charge on any atom is 0.375 e. The molecule has 0 bridgehead atoms. The summed E-state index contributed by atoms with van der Waals surface area (Å²) in [6.07, 6.45) is 8.80. The fraction of sp³-hybridized carbons (Fsp3) is 0.389. The molecule has 0 spiro atoms. The third-order valence-electron chi connectivity index (χ3n) is 4.12. The number of esters is 1. The third kappa shape index (κ3) is 4.01. The van der Waals surface area contributed by atoms with Gasteiger partial charge in [-0.3, -0.25) is 9.78 Å². The van der Waals surface area contributed by atoms with Crippen molar-refractivity contribution in [2.75, 3.05) is 0 Å². The predicted octanol–water partition coefficient (Wildman–Crippen LogP) is 3.02. The van der Waals surface area contributed by atoms with Crippen molar-refractivity contribution >= 4 is 11.9 Å². The molecule has 3 rings (SSSR count). The summed E-state index contributed by atoms with van der Waals surface area (Å²) in [6, 6.07) is 6.65. The number of amides is 1. The van der Waals surface area contributed by atoms with E-state index >= 15 is 0 Å². The Morgan fingerprint density at radius 3 is 2.71 bits per heavy atom. The molecule has 1 N–H and O–H groups in total. The summed E-state index contributed by atoms with van der Waals surface area (Å²) < 4.78 is 10.4. The number of aromatic nitrogens is 1. The fourth-order valence-corrected chi connectivity index (χ4v) is 2.89. The summed E-state index contributed by atoms with van der Waals surface area (Å²) in [5.74, 6) is -0.934. The fourth-order valence-electron chi connectivity index (χ4n) is 2.89. The second-order valence-electron chi connectivity index (χ2n) is 5.89. The molecule has 0 aromatic carbocycles. The minimum absolute atomic E-state index is 0.0642. The van der Waals surface area contributed by atoms with Crippen LogP contribution >= 0.6 is 0 Å². The van der Waals surface area contributed by atoms with E-state index in [0.717, 1.165) is 25.7 Å². The molecule has 6 heteroatoms. The Bertz CT molecular complexity index is 664. The quantitative estimate of drug-likeness (QED) is 0.853. The molecule has 6 nitrogen and oxygen atoms in total. The summed E-state index contributed by atoms with van der Waals surface area (Å²) in [5, 5.41) is 2.99. The summed E-state index contributed by atoms with van der Waals surface area (Å²) in [6.45, 7) is 0. The zero-order chi connectivity index (χ0) is 16.8. The van der Waals surface area contributed by atoms with Crippen molar-refractivity contribution in [3.05, 3.63) is 54.2 Å². The molecule has 1 saturated carbocycles. The smallest absolute Gasteiger partial charge is 0.375 e. The Morgan fingerprint density at radius 2 is 2.04 bits per heavy atom. The van der Waals surface area contributed by atoms with E-state index in [2.05, 4.69) is 10.3 Å². The molecule has 2 aromatic heterocycles. The van der Waals surface area contributed by atoms with Crippen molar-refractivity contribution in [1.82, 2.24) is 10.3 Å². The number of ether oxygens (including phenoxy) is 1. The molecular weight excluding hydrogens is 308 g/mol. The van der Waals surface area contributed by atoms with Gasteiger partial charge in [0.2, 0.25) is 11.9 Å². The summed E-state index contributed by atoms with van der Waals surface area (Å²) >= 11 is 0. The van der Waals surface area contributed by atoms with Crippen LogP contribution in [0.5, 0.6) is 0 Å². The highest BCUT2D eigenvalue weighted by Gasteiger charge is 2.29. The standard InChI is InChI=1S/C18H20N2O4/c21-17(20-14-7-2-1-3-8-14)16(13-6-4-10-19-12-13)24-18(22)15-9-5-11-23-15/h4-6,9-12,14,16H,1-3,7-8H2,(H,20,21). The number of carbonyl (C=O) groups is 2. The lowest BCUT2D eigenvalue weighted by molar-refractivity contribution is -0.131. The molecule has 0 saturated heterocycles. The van der Waals surface area contributed by atoms with Gasteiger partial charge in [-0.1, -0.05) is 25.3 Å². The van der Waals surface area contributed by atoms with Gasteiger partial charge in [0.05, 0.1) is 6.26 Å². The number of furan rings is 1. The molecule has 1 fully saturated rings. The first-order valence-corrected chi connectivity index (χ1v) is 8.19. The molecular formula is C18H20N2O4. The largest absolute Gasteiger partial charge is 0.457 e. The van der Waals surface area contributed by atoms with E-state index in [4.69, 9.17) is 9.15 Å². The molecule has 2 aromatic rings. The summed E-state index contributed by atoms with van der Waals surface area (Å²) in [4.78, 5) is 28.9. The lowest BCUT2D eigenvalue weighted by atomic mass is 9.95. The van der Waals surface area contributed by atoms with Crippen molar-refractivity contribution in [3.63, 3.8) is 0 Å². The van der Waals surface area contributed by atoms with Crippen molar-refractivity contribution in [1.29, 1.82) is 0 Å². The highest BCUT2D eigenvalue weighted by molar-refractivity contribution is 5.90. The Balaban J connectivity index is 1.74. The van der Waals surface area contributed by atoms with Crippen LogP contribution in [-0.2, 0) is 9.53 Å². The number of carbonyl (C=O) groups excluding carboxylic acids is 2. The van der Waals surface area contributed by atoms with Gasteiger partial charge in [-0.15, -0.1) is 0 Å². The average molecular weight is 328 g/mol. The molecule has 24 heavy (non-hydrogen) atoms. The minimum atomic E-state index is -1.04. The van der Waals surface area contributed by atoms with Gasteiger partial charge in [0.15, 0.2) is 0 Å². The molecule has 1 unspecified atom stereocenters. The van der Waals surface area contributed by atoms with Gasteiger partial charge in [-0.05, 0) is 31.0 Å². The second kappa shape index (κ2) is 7.77. The second-order valence-corrected chi connectivity index (χ2v) is 5.89. The number of hydrogen-bond donors (Lipinski definition) is 1. The van der Waals surface area contributed by atoms with Crippen molar-refractivity contribution in [2.24, 2.45) is 0 Å². The average Bonchev–Trinajstić information content (AvgIpc) is 3.16. The van der Waals surface area contributed by atoms with Crippen LogP contribution in [-0.4, -0.2) is 22.9 Å². The molecule has 2 heterocycles. The van der Waals surface area contributed by atoms with E-state index in [9.17, 15) is 9.59 Å². The maximum atomic E-state index is 12.7. The van der Waals surface area contributed by atoms with E-state index in [1.807, 2.05) is 0 Å². The first-order valence-electron chi connectivity index (χ1n) is 8.19. The normalized spacial score (nSPS) is 16.3. The Morgan fingerprint density at radius 1 is 1.21 bits per heavy atom. The zero-order valence-electron chi connectivity index (χ0n) is 13.3. The topological polar surface area (TPSA) is 81.4 Å². The van der Waals surface area contributed by atoms with Gasteiger partial charge in [0, 0.05) is 24.0 Å². The zero-order valence-corrected chi connectivity index (χ0v) is 13.3. The van der Waals surface area contributed by atoms with E-state index < -0.39 is 12.1 Å². The van der Waals surface area contributed by atoms with Crippen LogP contribution in [0.3, 0.4) is 0 Å². The first kappa shape index (κ1) is 16.2. The predicted molar refractivity (Wildman–Crippen MR) is 86.1 cm³/mol. The summed E-state index contributed by atoms with van der Waals surface area (Å²) in [5.41, 5.74) is 0.533. The van der Waals surface area contributed by atoms with Crippen LogP contribution in [0.25, 0.3) is 0 Å². The van der Waals surface area contributed by atoms with Crippen LogP contribution < -0.4 is 5.32 Å². The van der Waals surface area contributed by atoms with Crippen molar-refractivity contribution in [3.8, 4) is 0 Å². The Labute approximate surface area is 140 Å². The molecule has 0 aliphatic heterocycles. The van der Waals surface area contributed by atoms with Crippen LogP contribution in [0.15, 0.2) is 47.3 Å². The molecule has 1 atom stereocenters. The van der Waals surface area contributed by atoms with Gasteiger partial charge in [0.25, 0.3) is 5.91 Å². The van der Waals surface area contributed by atoms with Gasteiger partial charge < -0.3 is 14.5 Å². The Hall–Kier alpha value is -2.63.